The maximum absolute atomic E-state index is 9.31. The van der Waals surface area contributed by atoms with Crippen molar-refractivity contribution in [1.29, 1.82) is 5.26 Å². The second-order valence-corrected chi connectivity index (χ2v) is 8.67. The number of allylic oxidation sites excluding steroid dienone is 1. The Hall–Kier alpha value is -3.62. The summed E-state index contributed by atoms with van der Waals surface area (Å²) in [5, 5.41) is 12.7. The molecule has 146 valence electrons. The third-order valence-corrected chi connectivity index (χ3v) is 6.92. The molecule has 5 rings (SSSR count). The van der Waals surface area contributed by atoms with E-state index in [4.69, 9.17) is 10.7 Å². The number of aromatic nitrogens is 2. The summed E-state index contributed by atoms with van der Waals surface area (Å²) in [6.07, 6.45) is 1.36. The zero-order chi connectivity index (χ0) is 21.0. The molecule has 5 heteroatoms. The minimum Gasteiger partial charge on any atom is -0.404 e. The minimum absolute atomic E-state index is 0.475. The van der Waals surface area contributed by atoms with E-state index in [0.29, 0.717) is 5.57 Å². The molecule has 5 aromatic rings. The lowest BCUT2D eigenvalue weighted by Gasteiger charge is -2.02. The molecule has 2 N–H and O–H groups in total. The first-order valence-corrected chi connectivity index (χ1v) is 10.5. The lowest BCUT2D eigenvalue weighted by Crippen LogP contribution is -1.90. The van der Waals surface area contributed by atoms with Crippen molar-refractivity contribution >= 4 is 48.9 Å². The van der Waals surface area contributed by atoms with Crippen LogP contribution in [0, 0.1) is 25.2 Å². The predicted molar refractivity (Wildman–Crippen MR) is 126 cm³/mol. The van der Waals surface area contributed by atoms with Crippen LogP contribution in [0.4, 0.5) is 0 Å². The molecule has 0 radical (unpaired) electrons. The third-order valence-electron chi connectivity index (χ3n) is 5.86. The van der Waals surface area contributed by atoms with Crippen molar-refractivity contribution in [3.63, 3.8) is 0 Å². The van der Waals surface area contributed by atoms with Gasteiger partial charge >= 0.3 is 0 Å². The highest BCUT2D eigenvalue weighted by Crippen LogP contribution is 2.36. The van der Waals surface area contributed by atoms with Gasteiger partial charge in [0.15, 0.2) is 0 Å². The van der Waals surface area contributed by atoms with E-state index in [1.165, 1.54) is 27.4 Å². The predicted octanol–water partition coefficient (Wildman–Crippen LogP) is 6.05. The van der Waals surface area contributed by atoms with Crippen LogP contribution >= 0.6 is 11.3 Å². The summed E-state index contributed by atoms with van der Waals surface area (Å²) in [5.41, 5.74) is 13.9. The van der Waals surface area contributed by atoms with E-state index in [9.17, 15) is 5.26 Å². The van der Waals surface area contributed by atoms with Crippen molar-refractivity contribution in [2.75, 3.05) is 0 Å². The lowest BCUT2D eigenvalue weighted by molar-refractivity contribution is 1.01. The number of fused-ring (bicyclic) bond motifs is 4. The highest BCUT2D eigenvalue weighted by molar-refractivity contribution is 7.21. The number of rotatable bonds is 2. The van der Waals surface area contributed by atoms with Crippen LogP contribution in [0.15, 0.2) is 54.7 Å². The summed E-state index contributed by atoms with van der Waals surface area (Å²) < 4.78 is 3.39. The van der Waals surface area contributed by atoms with Gasteiger partial charge in [0.2, 0.25) is 0 Å². The fourth-order valence-corrected chi connectivity index (χ4v) is 5.05. The van der Waals surface area contributed by atoms with Crippen LogP contribution in [-0.2, 0) is 7.05 Å². The summed E-state index contributed by atoms with van der Waals surface area (Å²) >= 11 is 1.73. The third kappa shape index (κ3) is 2.69. The van der Waals surface area contributed by atoms with Gasteiger partial charge in [-0.15, -0.1) is 11.3 Å². The fourth-order valence-electron chi connectivity index (χ4n) is 4.01. The SMILES string of the molecule is Cc1cc2nc(-c3ccc4c5ccc(C(C#N)=CN)cc5n(C)c4c3)sc2cc1C. The fraction of sp³-hybridized carbons (Fsp3) is 0.120. The van der Waals surface area contributed by atoms with Crippen LogP contribution in [0.2, 0.25) is 0 Å². The molecule has 0 aliphatic carbocycles. The van der Waals surface area contributed by atoms with Gasteiger partial charge in [0.05, 0.1) is 15.8 Å². The molecule has 2 heterocycles. The standard InChI is InChI=1S/C25H20N4S/c1-14-8-21-24(9-15(14)2)30-25(28-21)17-5-7-20-19-6-4-16(18(12-26)13-27)10-22(19)29(3)23(20)11-17/h4-12H,26H2,1-3H3. The van der Waals surface area contributed by atoms with E-state index in [2.05, 4.69) is 67.9 Å². The molecular weight excluding hydrogens is 388 g/mol. The minimum atomic E-state index is 0.475. The Kier molecular flexibility index (Phi) is 4.12. The first-order chi connectivity index (χ1) is 14.5. The maximum atomic E-state index is 9.31. The Labute approximate surface area is 178 Å². The smallest absolute Gasteiger partial charge is 0.124 e. The van der Waals surface area contributed by atoms with Gasteiger partial charge in [-0.3, -0.25) is 0 Å². The molecule has 0 spiro atoms. The van der Waals surface area contributed by atoms with Crippen molar-refractivity contribution in [1.82, 2.24) is 9.55 Å². The number of aryl methyl sites for hydroxylation is 3. The summed E-state index contributed by atoms with van der Waals surface area (Å²) in [6, 6.07) is 19.1. The van der Waals surface area contributed by atoms with E-state index in [1.54, 1.807) is 11.3 Å². The maximum Gasteiger partial charge on any atom is 0.124 e. The summed E-state index contributed by atoms with van der Waals surface area (Å²) in [7, 11) is 2.06. The lowest BCUT2D eigenvalue weighted by atomic mass is 10.0. The van der Waals surface area contributed by atoms with Crippen LogP contribution in [0.5, 0.6) is 0 Å². The highest BCUT2D eigenvalue weighted by atomic mass is 32.1. The van der Waals surface area contributed by atoms with Crippen LogP contribution < -0.4 is 5.73 Å². The van der Waals surface area contributed by atoms with Crippen LogP contribution in [0.25, 0.3) is 48.2 Å². The molecule has 0 unspecified atom stereocenters. The summed E-state index contributed by atoms with van der Waals surface area (Å²) in [4.78, 5) is 4.89. The molecule has 2 aromatic heterocycles. The topological polar surface area (TPSA) is 67.6 Å². The molecule has 0 amide bonds. The molecule has 4 nitrogen and oxygen atoms in total. The molecule has 0 bridgehead atoms. The first-order valence-electron chi connectivity index (χ1n) is 9.73. The normalized spacial score (nSPS) is 12.1. The summed E-state index contributed by atoms with van der Waals surface area (Å²) in [6.45, 7) is 4.27. The number of nitrogens with zero attached hydrogens (tertiary/aromatic N) is 3. The molecule has 0 fully saturated rings. The van der Waals surface area contributed by atoms with Gasteiger partial charge in [0, 0.05) is 40.6 Å². The van der Waals surface area contributed by atoms with Crippen molar-refractivity contribution in [2.24, 2.45) is 12.8 Å². The molecule has 3 aromatic carbocycles. The second-order valence-electron chi connectivity index (χ2n) is 7.64. The molecule has 0 aliphatic heterocycles. The number of hydrogen-bond donors (Lipinski definition) is 1. The molecule has 0 saturated heterocycles. The van der Waals surface area contributed by atoms with E-state index in [0.717, 1.165) is 38.1 Å². The Morgan fingerprint density at radius 2 is 1.73 bits per heavy atom. The largest absolute Gasteiger partial charge is 0.404 e. The van der Waals surface area contributed by atoms with E-state index >= 15 is 0 Å². The molecule has 0 aliphatic rings. The first kappa shape index (κ1) is 18.4. The van der Waals surface area contributed by atoms with Crippen molar-refractivity contribution in [3.8, 4) is 16.6 Å². The average molecular weight is 409 g/mol. The molecule has 0 atom stereocenters. The number of nitrogens with two attached hydrogens (primary N) is 1. The van der Waals surface area contributed by atoms with Crippen molar-refractivity contribution in [2.45, 2.75) is 13.8 Å². The molecular formula is C25H20N4S. The van der Waals surface area contributed by atoms with Crippen LogP contribution in [0.3, 0.4) is 0 Å². The Bertz CT molecular complexity index is 1500. The van der Waals surface area contributed by atoms with Gasteiger partial charge in [-0.2, -0.15) is 5.26 Å². The Morgan fingerprint density at radius 3 is 2.47 bits per heavy atom. The average Bonchev–Trinajstić information content (AvgIpc) is 3.28. The van der Waals surface area contributed by atoms with Crippen LogP contribution in [-0.4, -0.2) is 9.55 Å². The Morgan fingerprint density at radius 1 is 1.03 bits per heavy atom. The number of thiazole rings is 1. The number of benzene rings is 3. The van der Waals surface area contributed by atoms with Crippen molar-refractivity contribution < 1.29 is 0 Å². The molecule has 0 saturated carbocycles. The van der Waals surface area contributed by atoms with E-state index < -0.39 is 0 Å². The second kappa shape index (κ2) is 6.72. The van der Waals surface area contributed by atoms with Gasteiger partial charge in [0.25, 0.3) is 0 Å². The summed E-state index contributed by atoms with van der Waals surface area (Å²) in [5.74, 6) is 0. The quantitative estimate of drug-likeness (QED) is 0.362. The zero-order valence-electron chi connectivity index (χ0n) is 17.0. The van der Waals surface area contributed by atoms with Gasteiger partial charge < -0.3 is 10.3 Å². The van der Waals surface area contributed by atoms with Gasteiger partial charge in [-0.1, -0.05) is 24.3 Å². The van der Waals surface area contributed by atoms with Gasteiger partial charge in [-0.25, -0.2) is 4.98 Å². The number of hydrogen-bond acceptors (Lipinski definition) is 4. The van der Waals surface area contributed by atoms with E-state index in [-0.39, 0.29) is 0 Å². The highest BCUT2D eigenvalue weighted by Gasteiger charge is 2.13. The van der Waals surface area contributed by atoms with Gasteiger partial charge in [0.1, 0.15) is 11.1 Å². The Balaban J connectivity index is 1.70. The number of nitriles is 1. The molecule has 30 heavy (non-hydrogen) atoms. The monoisotopic (exact) mass is 408 g/mol. The van der Waals surface area contributed by atoms with Crippen molar-refractivity contribution in [3.05, 3.63) is 71.4 Å². The van der Waals surface area contributed by atoms with Gasteiger partial charge in [-0.05, 0) is 54.8 Å². The van der Waals surface area contributed by atoms with Crippen LogP contribution in [0.1, 0.15) is 16.7 Å². The van der Waals surface area contributed by atoms with E-state index in [1.807, 2.05) is 12.1 Å². The zero-order valence-corrected chi connectivity index (χ0v) is 17.8.